The van der Waals surface area contributed by atoms with E-state index in [0.717, 1.165) is 24.3 Å². The molecular weight excluding hydrogens is 241 g/mol. The third kappa shape index (κ3) is 3.93. The van der Waals surface area contributed by atoms with Crippen molar-refractivity contribution >= 4 is 20.5 Å². The number of unbranched alkanes of at least 4 members (excludes halogenated alkanes) is 2. The molecule has 1 aliphatic rings. The predicted octanol–water partition coefficient (Wildman–Crippen LogP) is 1.89. The van der Waals surface area contributed by atoms with Crippen LogP contribution < -0.4 is 10.3 Å². The molecule has 0 N–H and O–H groups in total. The summed E-state index contributed by atoms with van der Waals surface area (Å²) in [6, 6.07) is 6.22. The van der Waals surface area contributed by atoms with Crippen molar-refractivity contribution in [3.63, 3.8) is 0 Å². The monoisotopic (exact) mass is 265 g/mol. The number of pyridine rings is 1. The third-order valence-corrected chi connectivity index (χ3v) is 3.85. The fourth-order valence-electron chi connectivity index (χ4n) is 2.40. The van der Waals surface area contributed by atoms with E-state index < -0.39 is 0 Å². The van der Waals surface area contributed by atoms with Crippen LogP contribution in [-0.2, 0) is 0 Å². The van der Waals surface area contributed by atoms with Crippen LogP contribution in [0, 0.1) is 0 Å². The maximum absolute atomic E-state index is 4.57. The average Bonchev–Trinajstić information content (AvgIpc) is 2.40. The molecule has 0 radical (unpaired) electrons. The zero-order valence-electron chi connectivity index (χ0n) is 11.3. The van der Waals surface area contributed by atoms with Gasteiger partial charge in [0.1, 0.15) is 5.82 Å². The van der Waals surface area contributed by atoms with Gasteiger partial charge in [-0.2, -0.15) is 0 Å². The van der Waals surface area contributed by atoms with Crippen LogP contribution in [0.2, 0.25) is 0 Å². The van der Waals surface area contributed by atoms with Crippen LogP contribution in [-0.4, -0.2) is 42.6 Å². The third-order valence-electron chi connectivity index (χ3n) is 3.53. The molecule has 1 aromatic rings. The maximum Gasteiger partial charge on any atom is 0.129 e. The lowest BCUT2D eigenvalue weighted by Crippen LogP contribution is -2.47. The number of nitrogens with zero attached hydrogens (tertiary/aromatic N) is 3. The van der Waals surface area contributed by atoms with Crippen molar-refractivity contribution in [3.05, 3.63) is 18.2 Å². The Morgan fingerprint density at radius 2 is 1.94 bits per heavy atom. The molecule has 1 saturated heterocycles. The summed E-state index contributed by atoms with van der Waals surface area (Å²) >= 11 is 0. The molecule has 1 aliphatic heterocycles. The Morgan fingerprint density at radius 1 is 1.17 bits per heavy atom. The van der Waals surface area contributed by atoms with E-state index in [9.17, 15) is 0 Å². The topological polar surface area (TPSA) is 19.4 Å². The summed E-state index contributed by atoms with van der Waals surface area (Å²) in [5, 5.41) is 0. The van der Waals surface area contributed by atoms with E-state index in [1.54, 1.807) is 0 Å². The minimum absolute atomic E-state index is 1.03. The van der Waals surface area contributed by atoms with E-state index in [2.05, 4.69) is 43.1 Å². The summed E-state index contributed by atoms with van der Waals surface area (Å²) in [6.45, 7) is 8.08. The highest BCUT2D eigenvalue weighted by atomic mass is 31.0. The van der Waals surface area contributed by atoms with Crippen LogP contribution in [0.25, 0.3) is 0 Å². The van der Waals surface area contributed by atoms with Gasteiger partial charge in [-0.25, -0.2) is 4.98 Å². The Bertz CT molecular complexity index is 362. The van der Waals surface area contributed by atoms with Gasteiger partial charge in [-0.1, -0.05) is 35.1 Å². The Hall–Kier alpha value is -0.660. The van der Waals surface area contributed by atoms with Crippen LogP contribution in [0.5, 0.6) is 0 Å². The Labute approximate surface area is 113 Å². The van der Waals surface area contributed by atoms with E-state index in [-0.39, 0.29) is 0 Å². The molecule has 1 atom stereocenters. The Balaban J connectivity index is 1.79. The van der Waals surface area contributed by atoms with Gasteiger partial charge in [-0.3, -0.25) is 4.90 Å². The van der Waals surface area contributed by atoms with E-state index in [1.807, 2.05) is 6.07 Å². The highest BCUT2D eigenvalue weighted by Crippen LogP contribution is 2.13. The molecule has 2 heterocycles. The summed E-state index contributed by atoms with van der Waals surface area (Å²) in [5.74, 6) is 1.12. The second kappa shape index (κ2) is 7.06. The van der Waals surface area contributed by atoms with Gasteiger partial charge in [-0.15, -0.1) is 0 Å². The fourth-order valence-corrected chi connectivity index (χ4v) is 2.65. The van der Waals surface area contributed by atoms with Crippen LogP contribution in [0.4, 0.5) is 5.82 Å². The number of anilines is 1. The maximum atomic E-state index is 4.57. The molecule has 1 fully saturated rings. The fraction of sp³-hybridized carbons (Fsp3) is 0.643. The Morgan fingerprint density at radius 3 is 2.61 bits per heavy atom. The van der Waals surface area contributed by atoms with Crippen LogP contribution in [0.3, 0.4) is 0 Å². The van der Waals surface area contributed by atoms with E-state index >= 15 is 0 Å². The first kappa shape index (κ1) is 13.8. The molecule has 18 heavy (non-hydrogen) atoms. The predicted molar refractivity (Wildman–Crippen MR) is 81.8 cm³/mol. The molecule has 4 heteroatoms. The van der Waals surface area contributed by atoms with Gasteiger partial charge in [0.25, 0.3) is 0 Å². The molecule has 0 aliphatic carbocycles. The zero-order valence-corrected chi connectivity index (χ0v) is 12.5. The van der Waals surface area contributed by atoms with Gasteiger partial charge in [0.2, 0.25) is 0 Å². The number of rotatable bonds is 5. The van der Waals surface area contributed by atoms with Gasteiger partial charge >= 0.3 is 0 Å². The summed E-state index contributed by atoms with van der Waals surface area (Å²) in [4.78, 5) is 9.54. The van der Waals surface area contributed by atoms with Crippen molar-refractivity contribution in [3.8, 4) is 0 Å². The van der Waals surface area contributed by atoms with Crippen molar-refractivity contribution in [1.29, 1.82) is 0 Å². The van der Waals surface area contributed by atoms with Crippen molar-refractivity contribution in [2.24, 2.45) is 0 Å². The summed E-state index contributed by atoms with van der Waals surface area (Å²) in [6.07, 6.45) is 4.01. The molecule has 0 spiro atoms. The zero-order chi connectivity index (χ0) is 12.8. The lowest BCUT2D eigenvalue weighted by molar-refractivity contribution is 0.252. The van der Waals surface area contributed by atoms with Gasteiger partial charge in [-0.05, 0) is 25.1 Å². The van der Waals surface area contributed by atoms with Crippen LogP contribution in [0.15, 0.2) is 18.2 Å². The quantitative estimate of drug-likeness (QED) is 0.599. The van der Waals surface area contributed by atoms with Gasteiger partial charge in [0.05, 0.1) is 5.44 Å². The van der Waals surface area contributed by atoms with E-state index in [1.165, 1.54) is 38.9 Å². The first-order valence-corrected chi connectivity index (χ1v) is 7.57. The number of aromatic nitrogens is 1. The average molecular weight is 265 g/mol. The number of hydrogen-bond acceptors (Lipinski definition) is 3. The SMILES string of the molecule is CCCCCN1CCN(c2cccc(P)n2)CC1. The molecule has 1 aromatic heterocycles. The summed E-state index contributed by atoms with van der Waals surface area (Å²) < 4.78 is 0. The standard InChI is InChI=1S/C14H24N3P/c1-2-3-4-8-16-9-11-17(12-10-16)13-6-5-7-14(18)15-13/h5-7H,2-4,8-12,18H2,1H3. The molecular formula is C14H24N3P. The molecule has 0 bridgehead atoms. The van der Waals surface area contributed by atoms with Gasteiger partial charge in [0, 0.05) is 26.2 Å². The second-order valence-electron chi connectivity index (χ2n) is 4.96. The normalized spacial score (nSPS) is 17.1. The lowest BCUT2D eigenvalue weighted by atomic mass is 10.2. The molecule has 3 nitrogen and oxygen atoms in total. The highest BCUT2D eigenvalue weighted by molar-refractivity contribution is 7.26. The first-order chi connectivity index (χ1) is 8.79. The van der Waals surface area contributed by atoms with Gasteiger partial charge < -0.3 is 4.90 Å². The minimum atomic E-state index is 1.03. The molecule has 2 rings (SSSR count). The van der Waals surface area contributed by atoms with Crippen LogP contribution >= 0.6 is 9.24 Å². The number of piperazine rings is 1. The summed E-state index contributed by atoms with van der Waals surface area (Å²) in [7, 11) is 2.67. The lowest BCUT2D eigenvalue weighted by Gasteiger charge is -2.35. The van der Waals surface area contributed by atoms with Crippen molar-refractivity contribution < 1.29 is 0 Å². The molecule has 1 unspecified atom stereocenters. The second-order valence-corrected chi connectivity index (χ2v) is 5.55. The van der Waals surface area contributed by atoms with E-state index in [0.29, 0.717) is 0 Å². The van der Waals surface area contributed by atoms with Crippen molar-refractivity contribution in [2.75, 3.05) is 37.6 Å². The Kier molecular flexibility index (Phi) is 5.40. The smallest absolute Gasteiger partial charge is 0.129 e. The van der Waals surface area contributed by atoms with Gasteiger partial charge in [0.15, 0.2) is 0 Å². The highest BCUT2D eigenvalue weighted by Gasteiger charge is 2.17. The summed E-state index contributed by atoms with van der Waals surface area (Å²) in [5.41, 5.74) is 1.03. The van der Waals surface area contributed by atoms with Crippen molar-refractivity contribution in [1.82, 2.24) is 9.88 Å². The largest absolute Gasteiger partial charge is 0.354 e. The molecule has 0 amide bonds. The first-order valence-electron chi connectivity index (χ1n) is 6.99. The minimum Gasteiger partial charge on any atom is -0.354 e. The number of hydrogen-bond donors (Lipinski definition) is 0. The molecule has 0 aromatic carbocycles. The molecule has 0 saturated carbocycles. The van der Waals surface area contributed by atoms with Crippen LogP contribution in [0.1, 0.15) is 26.2 Å². The molecule has 100 valence electrons. The van der Waals surface area contributed by atoms with Crippen molar-refractivity contribution in [2.45, 2.75) is 26.2 Å². The van der Waals surface area contributed by atoms with E-state index in [4.69, 9.17) is 0 Å².